The van der Waals surface area contributed by atoms with Gasteiger partial charge < -0.3 is 9.73 Å². The molecule has 0 unspecified atom stereocenters. The van der Waals surface area contributed by atoms with Crippen LogP contribution in [0.3, 0.4) is 0 Å². The summed E-state index contributed by atoms with van der Waals surface area (Å²) >= 11 is 3.17. The number of furan rings is 1. The maximum absolute atomic E-state index is 11.9. The third kappa shape index (κ3) is 4.57. The lowest BCUT2D eigenvalue weighted by molar-refractivity contribution is -0.114. The Hall–Kier alpha value is -2.41. The fraction of sp³-hybridized carbons (Fsp3) is 0.0714. The van der Waals surface area contributed by atoms with Gasteiger partial charge in [0.05, 0.1) is 6.21 Å². The van der Waals surface area contributed by atoms with E-state index < -0.39 is 0 Å². The molecule has 1 heterocycles. The van der Waals surface area contributed by atoms with Crippen LogP contribution in [0, 0.1) is 0 Å². The van der Waals surface area contributed by atoms with Crippen molar-refractivity contribution < 1.29 is 14.0 Å². The summed E-state index contributed by atoms with van der Waals surface area (Å²) in [6.07, 6.45) is 1.39. The van der Waals surface area contributed by atoms with Crippen molar-refractivity contribution in [1.29, 1.82) is 0 Å². The first-order valence-corrected chi connectivity index (χ1v) is 6.80. The van der Waals surface area contributed by atoms with E-state index in [-0.39, 0.29) is 11.8 Å². The second-order valence-corrected chi connectivity index (χ2v) is 4.88. The highest BCUT2D eigenvalue weighted by Gasteiger charge is 2.05. The highest BCUT2D eigenvalue weighted by Crippen LogP contribution is 2.12. The number of anilines is 1. The highest BCUT2D eigenvalue weighted by molar-refractivity contribution is 9.10. The first-order chi connectivity index (χ1) is 10.0. The van der Waals surface area contributed by atoms with E-state index >= 15 is 0 Å². The van der Waals surface area contributed by atoms with Gasteiger partial charge in [0.15, 0.2) is 4.67 Å². The van der Waals surface area contributed by atoms with Crippen molar-refractivity contribution in [2.24, 2.45) is 5.10 Å². The summed E-state index contributed by atoms with van der Waals surface area (Å²) in [5.41, 5.74) is 3.32. The molecule has 0 aliphatic heterocycles. The van der Waals surface area contributed by atoms with E-state index in [0.29, 0.717) is 21.7 Å². The first-order valence-electron chi connectivity index (χ1n) is 6.01. The van der Waals surface area contributed by atoms with E-state index in [4.69, 9.17) is 4.42 Å². The molecule has 108 valence electrons. The number of hydrazone groups is 1. The van der Waals surface area contributed by atoms with E-state index in [0.717, 1.165) is 0 Å². The maximum Gasteiger partial charge on any atom is 0.271 e. The van der Waals surface area contributed by atoms with Gasteiger partial charge in [-0.3, -0.25) is 9.59 Å². The fourth-order valence-electron chi connectivity index (χ4n) is 1.56. The average molecular weight is 350 g/mol. The summed E-state index contributed by atoms with van der Waals surface area (Å²) in [6.45, 7) is 1.40. The molecule has 1 aromatic carbocycles. The maximum atomic E-state index is 11.9. The van der Waals surface area contributed by atoms with E-state index in [9.17, 15) is 9.59 Å². The van der Waals surface area contributed by atoms with Gasteiger partial charge in [-0.15, -0.1) is 0 Å². The number of carbonyl (C=O) groups excluding carboxylic acids is 2. The highest BCUT2D eigenvalue weighted by atomic mass is 79.9. The molecule has 0 bridgehead atoms. The monoisotopic (exact) mass is 349 g/mol. The van der Waals surface area contributed by atoms with Gasteiger partial charge in [0.1, 0.15) is 5.76 Å². The van der Waals surface area contributed by atoms with E-state index in [2.05, 4.69) is 31.8 Å². The lowest BCUT2D eigenvalue weighted by atomic mass is 10.2. The molecule has 0 radical (unpaired) electrons. The van der Waals surface area contributed by atoms with Crippen molar-refractivity contribution in [3.63, 3.8) is 0 Å². The Labute approximate surface area is 129 Å². The summed E-state index contributed by atoms with van der Waals surface area (Å²) in [4.78, 5) is 22.9. The smallest absolute Gasteiger partial charge is 0.271 e. The Morgan fingerprint density at radius 1 is 1.29 bits per heavy atom. The number of nitrogens with one attached hydrogen (secondary N) is 2. The SMILES string of the molecule is CC(=O)Nc1cccc(C(=O)NN=Cc2ccc(Br)o2)c1. The van der Waals surface area contributed by atoms with Crippen LogP contribution in [0.2, 0.25) is 0 Å². The predicted molar refractivity (Wildman–Crippen MR) is 82.2 cm³/mol. The van der Waals surface area contributed by atoms with Gasteiger partial charge in [0.25, 0.3) is 5.91 Å². The van der Waals surface area contributed by atoms with E-state index in [1.807, 2.05) is 0 Å². The Morgan fingerprint density at radius 3 is 2.76 bits per heavy atom. The van der Waals surface area contributed by atoms with Crippen molar-refractivity contribution >= 4 is 39.6 Å². The average Bonchev–Trinajstić information content (AvgIpc) is 2.84. The molecule has 0 aliphatic rings. The van der Waals surface area contributed by atoms with Gasteiger partial charge in [-0.25, -0.2) is 5.43 Å². The summed E-state index contributed by atoms with van der Waals surface area (Å²) in [7, 11) is 0. The molecule has 6 nitrogen and oxygen atoms in total. The summed E-state index contributed by atoms with van der Waals surface area (Å²) in [5, 5.41) is 6.40. The zero-order chi connectivity index (χ0) is 15.2. The zero-order valence-electron chi connectivity index (χ0n) is 11.1. The third-order valence-electron chi connectivity index (χ3n) is 2.40. The minimum atomic E-state index is -0.385. The minimum absolute atomic E-state index is 0.200. The normalized spacial score (nSPS) is 10.6. The van der Waals surface area contributed by atoms with Crippen LogP contribution in [-0.2, 0) is 4.79 Å². The van der Waals surface area contributed by atoms with Crippen LogP contribution < -0.4 is 10.7 Å². The van der Waals surface area contributed by atoms with Crippen molar-refractivity contribution in [2.45, 2.75) is 6.92 Å². The second-order valence-electron chi connectivity index (χ2n) is 4.10. The van der Waals surface area contributed by atoms with Crippen LogP contribution in [0.1, 0.15) is 23.0 Å². The largest absolute Gasteiger partial charge is 0.448 e. The molecule has 0 aliphatic carbocycles. The van der Waals surface area contributed by atoms with Gasteiger partial charge in [-0.2, -0.15) is 5.10 Å². The molecular weight excluding hydrogens is 338 g/mol. The molecule has 0 atom stereocenters. The van der Waals surface area contributed by atoms with E-state index in [1.165, 1.54) is 13.1 Å². The van der Waals surface area contributed by atoms with Crippen molar-refractivity contribution in [2.75, 3.05) is 5.32 Å². The number of rotatable bonds is 4. The Balaban J connectivity index is 2.00. The van der Waals surface area contributed by atoms with Crippen LogP contribution in [0.25, 0.3) is 0 Å². The standard InChI is InChI=1S/C14H12BrN3O3/c1-9(19)17-11-4-2-3-10(7-11)14(20)18-16-8-12-5-6-13(15)21-12/h2-8H,1H3,(H,17,19)(H,18,20). The quantitative estimate of drug-likeness (QED) is 0.657. The molecule has 7 heteroatoms. The second kappa shape index (κ2) is 6.85. The Bertz CT molecular complexity index is 694. The van der Waals surface area contributed by atoms with Gasteiger partial charge >= 0.3 is 0 Å². The third-order valence-corrected chi connectivity index (χ3v) is 2.82. The molecule has 2 aromatic rings. The minimum Gasteiger partial charge on any atom is -0.448 e. The number of nitrogens with zero attached hydrogens (tertiary/aromatic N) is 1. The summed E-state index contributed by atoms with van der Waals surface area (Å²) in [6, 6.07) is 9.99. The molecular formula is C14H12BrN3O3. The number of hydrogen-bond donors (Lipinski definition) is 2. The summed E-state index contributed by atoms with van der Waals surface area (Å²) < 4.78 is 5.78. The predicted octanol–water partition coefficient (Wildman–Crippen LogP) is 2.76. The van der Waals surface area contributed by atoms with Crippen LogP contribution in [-0.4, -0.2) is 18.0 Å². The number of benzene rings is 1. The van der Waals surface area contributed by atoms with Gasteiger partial charge in [0, 0.05) is 18.2 Å². The molecule has 21 heavy (non-hydrogen) atoms. The van der Waals surface area contributed by atoms with Gasteiger partial charge in [-0.1, -0.05) is 6.07 Å². The van der Waals surface area contributed by atoms with Crippen LogP contribution in [0.4, 0.5) is 5.69 Å². The Morgan fingerprint density at radius 2 is 2.10 bits per heavy atom. The lowest BCUT2D eigenvalue weighted by Crippen LogP contribution is -2.18. The zero-order valence-corrected chi connectivity index (χ0v) is 12.7. The molecule has 2 N–H and O–H groups in total. The topological polar surface area (TPSA) is 83.7 Å². The molecule has 0 spiro atoms. The lowest BCUT2D eigenvalue weighted by Gasteiger charge is -2.04. The van der Waals surface area contributed by atoms with Crippen molar-refractivity contribution in [3.05, 3.63) is 52.4 Å². The number of carbonyl (C=O) groups is 2. The number of hydrogen-bond acceptors (Lipinski definition) is 4. The van der Waals surface area contributed by atoms with Crippen LogP contribution in [0.5, 0.6) is 0 Å². The Kier molecular flexibility index (Phi) is 4.89. The fourth-order valence-corrected chi connectivity index (χ4v) is 1.88. The molecule has 2 amide bonds. The number of halogens is 1. The number of amides is 2. The van der Waals surface area contributed by atoms with Crippen LogP contribution in [0.15, 0.2) is 50.6 Å². The first kappa shape index (κ1) is 15.0. The molecule has 1 aromatic heterocycles. The van der Waals surface area contributed by atoms with Crippen molar-refractivity contribution in [1.82, 2.24) is 5.43 Å². The molecule has 0 saturated carbocycles. The molecule has 0 saturated heterocycles. The van der Waals surface area contributed by atoms with Crippen LogP contribution >= 0.6 is 15.9 Å². The van der Waals surface area contributed by atoms with Gasteiger partial charge in [-0.05, 0) is 46.3 Å². The van der Waals surface area contributed by atoms with E-state index in [1.54, 1.807) is 36.4 Å². The van der Waals surface area contributed by atoms with Crippen molar-refractivity contribution in [3.8, 4) is 0 Å². The summed E-state index contributed by atoms with van der Waals surface area (Å²) in [5.74, 6) is -0.0766. The molecule has 0 fully saturated rings. The molecule has 2 rings (SSSR count). The van der Waals surface area contributed by atoms with Gasteiger partial charge in [0.2, 0.25) is 5.91 Å².